The van der Waals surface area contributed by atoms with E-state index in [0.29, 0.717) is 54.4 Å². The standard InChI is InChI=1S/C33H42BrClN8O3/c1-6-7-13-46-33(45)42-16-20-15-23(42)30(20)43-24(10-11-25(44)40(4)5)37-29-31(43)22-14-19(9-8-12-36)27(35)26(34)28(22)38-32(29)41-17-21(18-41)39(2)3/h14,20-21,23,30H,6-11,13,15-18H2,1-5H3. The molecule has 1 aromatic carbocycles. The summed E-state index contributed by atoms with van der Waals surface area (Å²) in [7, 11) is 7.71. The molecule has 2 amide bonds. The number of benzene rings is 1. The third-order valence-electron chi connectivity index (χ3n) is 9.89. The second-order valence-corrected chi connectivity index (χ2v) is 14.4. The minimum Gasteiger partial charge on any atom is -0.449 e. The Balaban J connectivity index is 1.53. The highest BCUT2D eigenvalue weighted by atomic mass is 79.9. The quantitative estimate of drug-likeness (QED) is 0.243. The molecule has 3 saturated heterocycles. The number of fused-ring (bicyclic) bond motifs is 4. The summed E-state index contributed by atoms with van der Waals surface area (Å²) >= 11 is 10.7. The van der Waals surface area contributed by atoms with Crippen LogP contribution in [0.15, 0.2) is 10.5 Å². The number of hydrogen-bond acceptors (Lipinski definition) is 8. The van der Waals surface area contributed by atoms with Gasteiger partial charge in [0.15, 0.2) is 5.82 Å². The summed E-state index contributed by atoms with van der Waals surface area (Å²) in [6, 6.07) is 4.67. The van der Waals surface area contributed by atoms with Gasteiger partial charge in [0.1, 0.15) is 11.3 Å². The Morgan fingerprint density at radius 2 is 1.91 bits per heavy atom. The van der Waals surface area contributed by atoms with Crippen molar-refractivity contribution in [2.24, 2.45) is 5.92 Å². The fourth-order valence-electron chi connectivity index (χ4n) is 7.07. The third kappa shape index (κ3) is 5.69. The Morgan fingerprint density at radius 1 is 1.15 bits per heavy atom. The molecule has 3 atom stereocenters. The molecule has 0 radical (unpaired) electrons. The summed E-state index contributed by atoms with van der Waals surface area (Å²) < 4.78 is 8.65. The maximum Gasteiger partial charge on any atom is 0.410 e. The smallest absolute Gasteiger partial charge is 0.410 e. The van der Waals surface area contributed by atoms with E-state index in [1.54, 1.807) is 19.0 Å². The number of anilines is 1. The van der Waals surface area contributed by atoms with E-state index in [1.807, 2.05) is 4.90 Å². The van der Waals surface area contributed by atoms with Crippen molar-refractivity contribution in [1.29, 1.82) is 5.26 Å². The van der Waals surface area contributed by atoms with Crippen LogP contribution in [0.4, 0.5) is 10.6 Å². The minimum atomic E-state index is -0.256. The van der Waals surface area contributed by atoms with Gasteiger partial charge in [0.2, 0.25) is 5.91 Å². The Labute approximate surface area is 283 Å². The van der Waals surface area contributed by atoms with Crippen molar-refractivity contribution in [3.05, 3.63) is 26.9 Å². The second-order valence-electron chi connectivity index (χ2n) is 13.2. The highest BCUT2D eigenvalue weighted by molar-refractivity contribution is 9.10. The first-order valence-electron chi connectivity index (χ1n) is 16.2. The predicted molar refractivity (Wildman–Crippen MR) is 182 cm³/mol. The van der Waals surface area contributed by atoms with E-state index in [0.717, 1.165) is 71.5 Å². The molecule has 1 aliphatic carbocycles. The van der Waals surface area contributed by atoms with Crippen molar-refractivity contribution in [3.63, 3.8) is 0 Å². The number of carbonyl (C=O) groups is 2. The van der Waals surface area contributed by atoms with Gasteiger partial charge in [-0.3, -0.25) is 4.79 Å². The Morgan fingerprint density at radius 3 is 2.59 bits per heavy atom. The number of unbranched alkanes of at least 4 members (excludes halogenated alkanes) is 1. The van der Waals surface area contributed by atoms with Crippen LogP contribution in [0.5, 0.6) is 0 Å². The van der Waals surface area contributed by atoms with Crippen molar-refractivity contribution in [1.82, 2.24) is 29.2 Å². The second kappa shape index (κ2) is 13.2. The van der Waals surface area contributed by atoms with Crippen molar-refractivity contribution in [2.45, 2.75) is 70.0 Å². The molecule has 4 fully saturated rings. The number of halogens is 2. The molecule has 3 aliphatic heterocycles. The molecule has 1 saturated carbocycles. The van der Waals surface area contributed by atoms with Crippen LogP contribution in [0, 0.1) is 17.2 Å². The number of ether oxygens (including phenoxy) is 1. The Hall–Kier alpha value is -3.14. The number of aromatic nitrogens is 3. The van der Waals surface area contributed by atoms with Gasteiger partial charge in [-0.1, -0.05) is 24.9 Å². The SMILES string of the molecule is CCCCOC(=O)N1CC2CC1C2n1c(CCC(=O)N(C)C)nc2c(N3CC(N(C)C)C3)nc3c(Br)c(Cl)c(CCC#N)cc3c21. The number of amides is 2. The van der Waals surface area contributed by atoms with Crippen molar-refractivity contribution < 1.29 is 14.3 Å². The highest BCUT2D eigenvalue weighted by Gasteiger charge is 2.56. The van der Waals surface area contributed by atoms with Gasteiger partial charge < -0.3 is 28.9 Å². The van der Waals surface area contributed by atoms with Crippen molar-refractivity contribution >= 4 is 67.3 Å². The average Bonchev–Trinajstić information content (AvgIpc) is 3.69. The number of nitrogens with zero attached hydrogens (tertiary/aromatic N) is 8. The molecule has 7 rings (SSSR count). The van der Waals surface area contributed by atoms with Crippen molar-refractivity contribution in [3.8, 4) is 6.07 Å². The number of rotatable bonds is 11. The molecule has 2 aromatic heterocycles. The lowest BCUT2D eigenvalue weighted by atomic mass is 9.79. The Kier molecular flexibility index (Phi) is 9.38. The van der Waals surface area contributed by atoms with Crippen LogP contribution in [-0.2, 0) is 22.4 Å². The van der Waals surface area contributed by atoms with Gasteiger partial charge in [-0.15, -0.1) is 0 Å². The van der Waals surface area contributed by atoms with Crippen LogP contribution in [0.25, 0.3) is 21.9 Å². The number of hydrogen-bond donors (Lipinski definition) is 0. The molecule has 4 aliphatic rings. The lowest BCUT2D eigenvalue weighted by Gasteiger charge is -2.43. The summed E-state index contributed by atoms with van der Waals surface area (Å²) in [6.07, 6.45) is 4.07. The monoisotopic (exact) mass is 712 g/mol. The molecule has 46 heavy (non-hydrogen) atoms. The zero-order valence-corrected chi connectivity index (χ0v) is 29.6. The van der Waals surface area contributed by atoms with Crippen molar-refractivity contribution in [2.75, 3.05) is 59.3 Å². The van der Waals surface area contributed by atoms with Gasteiger partial charge in [0.05, 0.1) is 45.3 Å². The molecule has 3 aromatic rings. The maximum atomic E-state index is 13.2. The van der Waals surface area contributed by atoms with E-state index < -0.39 is 0 Å². The lowest BCUT2D eigenvalue weighted by molar-refractivity contribution is -0.128. The topological polar surface area (TPSA) is 111 Å². The Bertz CT molecular complexity index is 1710. The van der Waals surface area contributed by atoms with Crippen LogP contribution in [-0.4, -0.2) is 108 Å². The van der Waals surface area contributed by atoms with Crippen LogP contribution >= 0.6 is 27.5 Å². The first-order valence-corrected chi connectivity index (χ1v) is 17.4. The zero-order valence-electron chi connectivity index (χ0n) is 27.2. The van der Waals surface area contributed by atoms with Crippen LogP contribution in [0.2, 0.25) is 5.02 Å². The molecule has 13 heteroatoms. The van der Waals surface area contributed by atoms with E-state index in [1.165, 1.54) is 0 Å². The number of carbonyl (C=O) groups excluding carboxylic acids is 2. The van der Waals surface area contributed by atoms with E-state index in [-0.39, 0.29) is 30.0 Å². The summed E-state index contributed by atoms with van der Waals surface area (Å²) in [5, 5.41) is 10.8. The number of nitriles is 1. The van der Waals surface area contributed by atoms with Crippen LogP contribution < -0.4 is 4.90 Å². The average molecular weight is 714 g/mol. The van der Waals surface area contributed by atoms with Crippen LogP contribution in [0.1, 0.15) is 56.5 Å². The van der Waals surface area contributed by atoms with Crippen LogP contribution in [0.3, 0.4) is 0 Å². The fraction of sp³-hybridized carbons (Fsp3) is 0.606. The normalized spacial score (nSPS) is 20.7. The fourth-order valence-corrected chi connectivity index (χ4v) is 7.86. The minimum absolute atomic E-state index is 0.00504. The van der Waals surface area contributed by atoms with Gasteiger partial charge in [-0.25, -0.2) is 14.8 Å². The summed E-state index contributed by atoms with van der Waals surface area (Å²) in [6.45, 7) is 4.77. The van der Waals surface area contributed by atoms with E-state index >= 15 is 0 Å². The molecule has 2 bridgehead atoms. The number of likely N-dealkylation sites (N-methyl/N-ethyl adjacent to an activating group) is 1. The van der Waals surface area contributed by atoms with Gasteiger partial charge in [-0.05, 0) is 60.9 Å². The summed E-state index contributed by atoms with van der Waals surface area (Å²) in [4.78, 5) is 44.5. The zero-order chi connectivity index (χ0) is 32.9. The van der Waals surface area contributed by atoms with E-state index in [2.05, 4.69) is 63.5 Å². The molecule has 11 nitrogen and oxygen atoms in total. The predicted octanol–water partition coefficient (Wildman–Crippen LogP) is 5.41. The van der Waals surface area contributed by atoms with E-state index in [4.69, 9.17) is 26.3 Å². The molecule has 0 N–H and O–H groups in total. The number of imidazole rings is 1. The molecule has 0 spiro atoms. The molecule has 3 unspecified atom stereocenters. The molecule has 5 heterocycles. The number of aryl methyl sites for hydroxylation is 2. The number of pyridine rings is 1. The summed E-state index contributed by atoms with van der Waals surface area (Å²) in [5.41, 5.74) is 3.34. The molecular formula is C33H42BrClN8O3. The first-order chi connectivity index (χ1) is 22.0. The highest BCUT2D eigenvalue weighted by Crippen LogP contribution is 2.53. The molecule has 246 valence electrons. The third-order valence-corrected chi connectivity index (χ3v) is 11.3. The largest absolute Gasteiger partial charge is 0.449 e. The lowest BCUT2D eigenvalue weighted by Crippen LogP contribution is -2.57. The first kappa shape index (κ1) is 32.8. The van der Waals surface area contributed by atoms with Gasteiger partial charge in [-0.2, -0.15) is 5.26 Å². The summed E-state index contributed by atoms with van der Waals surface area (Å²) in [5.74, 6) is 1.89. The van der Waals surface area contributed by atoms with Gasteiger partial charge in [0.25, 0.3) is 0 Å². The molecular weight excluding hydrogens is 672 g/mol. The van der Waals surface area contributed by atoms with Gasteiger partial charge in [0, 0.05) is 70.3 Å². The van der Waals surface area contributed by atoms with E-state index in [9.17, 15) is 14.9 Å². The van der Waals surface area contributed by atoms with Gasteiger partial charge >= 0.3 is 6.09 Å². The maximum absolute atomic E-state index is 13.2.